The molecule has 1 amide bonds. The van der Waals surface area contributed by atoms with Crippen LogP contribution in [0.2, 0.25) is 0 Å². The maximum atomic E-state index is 12.9. The molecular weight excluding hydrogens is 329 g/mol. The molecule has 3 atom stereocenters. The third kappa shape index (κ3) is 4.32. The zero-order valence-electron chi connectivity index (χ0n) is 15.2. The molecule has 25 heavy (non-hydrogen) atoms. The molecule has 144 valence electrons. The molecule has 3 nitrogen and oxygen atoms in total. The van der Waals surface area contributed by atoms with Crippen LogP contribution >= 0.6 is 0 Å². The largest absolute Gasteiger partial charge is 0.391 e. The van der Waals surface area contributed by atoms with Gasteiger partial charge in [-0.15, -0.1) is 0 Å². The first-order chi connectivity index (χ1) is 11.9. The molecule has 0 radical (unpaired) electrons. The number of nitrogens with one attached hydrogen (secondary N) is 1. The Hall–Kier alpha value is -0.780. The fourth-order valence-electron chi connectivity index (χ4n) is 5.38. The van der Waals surface area contributed by atoms with Crippen molar-refractivity contribution in [2.24, 2.45) is 17.8 Å². The maximum absolute atomic E-state index is 12.9. The topological polar surface area (TPSA) is 32.3 Å². The third-order valence-electron chi connectivity index (χ3n) is 6.77. The van der Waals surface area contributed by atoms with Crippen molar-refractivity contribution in [1.82, 2.24) is 10.2 Å². The van der Waals surface area contributed by atoms with Gasteiger partial charge in [0.15, 0.2) is 0 Å². The molecule has 3 aliphatic rings. The van der Waals surface area contributed by atoms with Gasteiger partial charge in [-0.05, 0) is 50.4 Å². The van der Waals surface area contributed by atoms with E-state index in [0.29, 0.717) is 43.2 Å². The predicted molar refractivity (Wildman–Crippen MR) is 91.0 cm³/mol. The lowest BCUT2D eigenvalue weighted by Crippen LogP contribution is -2.44. The van der Waals surface area contributed by atoms with E-state index >= 15 is 0 Å². The fourth-order valence-corrected chi connectivity index (χ4v) is 5.38. The highest BCUT2D eigenvalue weighted by Gasteiger charge is 2.47. The number of halogens is 3. The molecule has 6 heteroatoms. The van der Waals surface area contributed by atoms with Crippen molar-refractivity contribution in [2.45, 2.75) is 83.0 Å². The van der Waals surface area contributed by atoms with Gasteiger partial charge in [0.1, 0.15) is 0 Å². The van der Waals surface area contributed by atoms with Crippen molar-refractivity contribution >= 4 is 5.91 Å². The van der Waals surface area contributed by atoms with Crippen molar-refractivity contribution in [1.29, 1.82) is 0 Å². The first-order valence-corrected chi connectivity index (χ1v) is 9.99. The molecule has 0 aromatic heterocycles. The highest BCUT2D eigenvalue weighted by molar-refractivity contribution is 5.75. The summed E-state index contributed by atoms with van der Waals surface area (Å²) in [4.78, 5) is 14.1. The molecule has 0 bridgehead atoms. The summed E-state index contributed by atoms with van der Waals surface area (Å²) in [7, 11) is 0. The van der Waals surface area contributed by atoms with Crippen LogP contribution in [0.3, 0.4) is 0 Å². The molecule has 1 N–H and O–H groups in total. The Morgan fingerprint density at radius 1 is 1.08 bits per heavy atom. The molecular formula is C19H31F3N2O. The lowest BCUT2D eigenvalue weighted by Gasteiger charge is -2.40. The quantitative estimate of drug-likeness (QED) is 0.818. The van der Waals surface area contributed by atoms with Crippen LogP contribution in [-0.4, -0.2) is 42.2 Å². The third-order valence-corrected chi connectivity index (χ3v) is 6.77. The van der Waals surface area contributed by atoms with Gasteiger partial charge in [-0.1, -0.05) is 19.8 Å². The minimum absolute atomic E-state index is 0.0940. The number of alkyl halides is 3. The van der Waals surface area contributed by atoms with E-state index in [0.717, 1.165) is 13.1 Å². The van der Waals surface area contributed by atoms with E-state index in [4.69, 9.17) is 0 Å². The van der Waals surface area contributed by atoms with Gasteiger partial charge in [-0.2, -0.15) is 13.2 Å². The van der Waals surface area contributed by atoms with E-state index in [1.54, 1.807) is 0 Å². The average molecular weight is 360 g/mol. The fraction of sp³-hybridized carbons (Fsp3) is 0.947. The second kappa shape index (κ2) is 7.85. The number of likely N-dealkylation sites (tertiary alicyclic amines) is 1. The smallest absolute Gasteiger partial charge is 0.356 e. The zero-order valence-corrected chi connectivity index (χ0v) is 15.2. The second-order valence-corrected chi connectivity index (χ2v) is 8.18. The minimum Gasteiger partial charge on any atom is -0.356 e. The van der Waals surface area contributed by atoms with Crippen molar-refractivity contribution in [3.05, 3.63) is 0 Å². The Morgan fingerprint density at radius 2 is 1.76 bits per heavy atom. The van der Waals surface area contributed by atoms with Crippen LogP contribution in [0.4, 0.5) is 13.2 Å². The average Bonchev–Trinajstić information content (AvgIpc) is 2.98. The second-order valence-electron chi connectivity index (χ2n) is 8.18. The van der Waals surface area contributed by atoms with Crippen LogP contribution in [-0.2, 0) is 4.79 Å². The number of carbonyl (C=O) groups excluding carboxylic acids is 1. The molecule has 1 heterocycles. The van der Waals surface area contributed by atoms with Gasteiger partial charge >= 0.3 is 6.18 Å². The van der Waals surface area contributed by atoms with Gasteiger partial charge in [0.2, 0.25) is 5.91 Å². The van der Waals surface area contributed by atoms with Crippen molar-refractivity contribution in [3.63, 3.8) is 0 Å². The number of nitrogens with zero attached hydrogens (tertiary/aromatic N) is 1. The molecule has 2 saturated carbocycles. The molecule has 1 aliphatic heterocycles. The number of carbonyl (C=O) groups is 1. The highest BCUT2D eigenvalue weighted by atomic mass is 19.4. The summed E-state index contributed by atoms with van der Waals surface area (Å²) in [6.07, 6.45) is 3.20. The SMILES string of the molecule is CCC(=O)NCC1CN(C2CCC(C(F)(F)F)CC2)C2CCCCC12. The summed E-state index contributed by atoms with van der Waals surface area (Å²) in [6.45, 7) is 3.53. The summed E-state index contributed by atoms with van der Waals surface area (Å²) in [5.41, 5.74) is 0. The molecule has 0 spiro atoms. The number of hydrogen-bond donors (Lipinski definition) is 1. The Morgan fingerprint density at radius 3 is 2.40 bits per heavy atom. The summed E-state index contributed by atoms with van der Waals surface area (Å²) >= 11 is 0. The molecule has 3 fully saturated rings. The van der Waals surface area contributed by atoms with Crippen molar-refractivity contribution in [3.8, 4) is 0 Å². The van der Waals surface area contributed by atoms with E-state index in [-0.39, 0.29) is 18.7 Å². The highest BCUT2D eigenvalue weighted by Crippen LogP contribution is 2.45. The zero-order chi connectivity index (χ0) is 18.0. The molecule has 1 saturated heterocycles. The van der Waals surface area contributed by atoms with Gasteiger partial charge in [-0.25, -0.2) is 0 Å². The van der Waals surface area contributed by atoms with Gasteiger partial charge in [-0.3, -0.25) is 9.69 Å². The van der Waals surface area contributed by atoms with Gasteiger partial charge in [0.05, 0.1) is 5.92 Å². The van der Waals surface area contributed by atoms with E-state index in [1.165, 1.54) is 25.7 Å². The summed E-state index contributed by atoms with van der Waals surface area (Å²) in [5, 5.41) is 3.04. The monoisotopic (exact) mass is 360 g/mol. The first kappa shape index (κ1) is 19.0. The van der Waals surface area contributed by atoms with Crippen LogP contribution in [0.25, 0.3) is 0 Å². The maximum Gasteiger partial charge on any atom is 0.391 e. The Labute approximate surface area is 148 Å². The standard InChI is InChI=1S/C19H31F3N2O/c1-2-18(25)23-11-13-12-24(17-6-4-3-5-16(13)17)15-9-7-14(8-10-15)19(20,21)22/h13-17H,2-12H2,1H3,(H,23,25). The van der Waals surface area contributed by atoms with Gasteiger partial charge in [0.25, 0.3) is 0 Å². The summed E-state index contributed by atoms with van der Waals surface area (Å²) in [5.74, 6) is 0.0528. The molecule has 3 unspecified atom stereocenters. The van der Waals surface area contributed by atoms with Gasteiger partial charge in [0, 0.05) is 31.6 Å². The Bertz CT molecular complexity index is 460. The lowest BCUT2D eigenvalue weighted by atomic mass is 9.79. The molecule has 0 aromatic carbocycles. The number of rotatable bonds is 4. The summed E-state index contributed by atoms with van der Waals surface area (Å²) in [6, 6.07) is 0.820. The van der Waals surface area contributed by atoms with E-state index in [2.05, 4.69) is 10.2 Å². The molecule has 3 rings (SSSR count). The first-order valence-electron chi connectivity index (χ1n) is 9.99. The Kier molecular flexibility index (Phi) is 5.96. The van der Waals surface area contributed by atoms with Gasteiger partial charge < -0.3 is 5.32 Å². The normalized spacial score (nSPS) is 36.9. The van der Waals surface area contributed by atoms with Crippen LogP contribution in [0.1, 0.15) is 64.7 Å². The van der Waals surface area contributed by atoms with E-state index < -0.39 is 12.1 Å². The predicted octanol–water partition coefficient (Wildman–Crippen LogP) is 4.12. The van der Waals surface area contributed by atoms with Crippen molar-refractivity contribution in [2.75, 3.05) is 13.1 Å². The number of hydrogen-bond acceptors (Lipinski definition) is 2. The van der Waals surface area contributed by atoms with E-state index in [9.17, 15) is 18.0 Å². The van der Waals surface area contributed by atoms with Crippen LogP contribution < -0.4 is 5.32 Å². The Balaban J connectivity index is 1.60. The minimum atomic E-state index is -4.03. The van der Waals surface area contributed by atoms with E-state index in [1.807, 2.05) is 6.92 Å². The van der Waals surface area contributed by atoms with Crippen molar-refractivity contribution < 1.29 is 18.0 Å². The van der Waals surface area contributed by atoms with Crippen LogP contribution in [0.15, 0.2) is 0 Å². The van der Waals surface area contributed by atoms with Crippen LogP contribution in [0.5, 0.6) is 0 Å². The molecule has 2 aliphatic carbocycles. The lowest BCUT2D eigenvalue weighted by molar-refractivity contribution is -0.184. The summed E-state index contributed by atoms with van der Waals surface area (Å²) < 4.78 is 38.8. The van der Waals surface area contributed by atoms with Crippen LogP contribution in [0, 0.1) is 17.8 Å². The number of fused-ring (bicyclic) bond motifs is 1. The number of amides is 1. The molecule has 0 aromatic rings.